The molecule has 1 unspecified atom stereocenters. The molecule has 0 aliphatic carbocycles. The molecule has 0 fully saturated rings. The number of nitrogens with zero attached hydrogens (tertiary/aromatic N) is 1. The number of Topliss-reactive ketones (excluding diaryl/α,β-unsaturated/α-hetero) is 1. The molecule has 1 atom stereocenters. The number of ether oxygens (including phenoxy) is 1. The summed E-state index contributed by atoms with van der Waals surface area (Å²) in [6.45, 7) is 0. The molecule has 3 aromatic rings. The van der Waals surface area contributed by atoms with Gasteiger partial charge in [-0.1, -0.05) is 12.1 Å². The van der Waals surface area contributed by atoms with Crippen molar-refractivity contribution in [1.82, 2.24) is 4.57 Å². The van der Waals surface area contributed by atoms with E-state index in [4.69, 9.17) is 4.74 Å². The van der Waals surface area contributed by atoms with Crippen molar-refractivity contribution in [2.75, 3.05) is 7.11 Å². The van der Waals surface area contributed by atoms with Crippen LogP contribution in [0.15, 0.2) is 60.3 Å². The normalized spacial score (nSPS) is 17.3. The van der Waals surface area contributed by atoms with Crippen molar-refractivity contribution < 1.29 is 24.9 Å². The lowest BCUT2D eigenvalue weighted by atomic mass is 9.95. The summed E-state index contributed by atoms with van der Waals surface area (Å²) in [6.07, 6.45) is 3.49. The first-order chi connectivity index (χ1) is 13.0. The Bertz CT molecular complexity index is 1080. The van der Waals surface area contributed by atoms with E-state index >= 15 is 0 Å². The third-order valence-corrected chi connectivity index (χ3v) is 4.69. The van der Waals surface area contributed by atoms with E-state index in [9.17, 15) is 20.1 Å². The number of phenolic OH excluding ortho intramolecular Hbond substituents is 3. The van der Waals surface area contributed by atoms with Gasteiger partial charge in [-0.15, -0.1) is 0 Å². The first kappa shape index (κ1) is 16.8. The minimum absolute atomic E-state index is 0.00955. The molecule has 2 heterocycles. The number of ketones is 1. The van der Waals surface area contributed by atoms with Gasteiger partial charge in [0.05, 0.1) is 18.8 Å². The number of aromatic nitrogens is 1. The van der Waals surface area contributed by atoms with Crippen LogP contribution in [-0.2, 0) is 0 Å². The van der Waals surface area contributed by atoms with E-state index in [0.717, 1.165) is 5.56 Å². The van der Waals surface area contributed by atoms with Crippen LogP contribution in [0.1, 0.15) is 27.7 Å². The number of allylic oxidation sites excluding steroid dienone is 1. The van der Waals surface area contributed by atoms with E-state index in [0.29, 0.717) is 22.6 Å². The number of rotatable bonds is 3. The summed E-state index contributed by atoms with van der Waals surface area (Å²) in [5.74, 6) is -0.270. The fourth-order valence-electron chi connectivity index (χ4n) is 3.40. The van der Waals surface area contributed by atoms with Gasteiger partial charge in [0, 0.05) is 11.8 Å². The van der Waals surface area contributed by atoms with Gasteiger partial charge in [0.2, 0.25) is 5.78 Å². The molecule has 6 heteroatoms. The maximum atomic E-state index is 12.9. The van der Waals surface area contributed by atoms with Crippen molar-refractivity contribution >= 4 is 11.9 Å². The van der Waals surface area contributed by atoms with Crippen LogP contribution in [0.4, 0.5) is 0 Å². The Labute approximate surface area is 155 Å². The van der Waals surface area contributed by atoms with Crippen LogP contribution in [0.5, 0.6) is 23.0 Å². The lowest BCUT2D eigenvalue weighted by Gasteiger charge is -2.16. The number of hydrogen-bond donors (Lipinski definition) is 3. The fourth-order valence-corrected chi connectivity index (χ4v) is 3.40. The Morgan fingerprint density at radius 1 is 1.00 bits per heavy atom. The molecule has 0 saturated heterocycles. The zero-order valence-electron chi connectivity index (χ0n) is 14.5. The van der Waals surface area contributed by atoms with Crippen molar-refractivity contribution in [3.05, 3.63) is 77.1 Å². The lowest BCUT2D eigenvalue weighted by molar-refractivity contribution is 0.103. The maximum absolute atomic E-state index is 12.9. The summed E-state index contributed by atoms with van der Waals surface area (Å²) in [7, 11) is 1.47. The van der Waals surface area contributed by atoms with Crippen LogP contribution in [0.3, 0.4) is 0 Å². The van der Waals surface area contributed by atoms with Gasteiger partial charge in [-0.3, -0.25) is 4.79 Å². The molecule has 3 N–H and O–H groups in total. The van der Waals surface area contributed by atoms with Gasteiger partial charge in [0.15, 0.2) is 23.0 Å². The molecule has 136 valence electrons. The highest BCUT2D eigenvalue weighted by Crippen LogP contribution is 2.40. The number of fused-ring (bicyclic) bond motifs is 1. The Balaban J connectivity index is 1.85. The van der Waals surface area contributed by atoms with Crippen molar-refractivity contribution in [3.8, 4) is 23.0 Å². The molecule has 0 radical (unpaired) electrons. The summed E-state index contributed by atoms with van der Waals surface area (Å²) in [4.78, 5) is 12.9. The molecule has 6 nitrogen and oxygen atoms in total. The smallest absolute Gasteiger partial charge is 0.207 e. The SMILES string of the molecule is COc1ccc(C2/C(=C\c3ccc(O)c(O)c3)C(=O)c3cccn32)cc1O. The van der Waals surface area contributed by atoms with Gasteiger partial charge < -0.3 is 24.6 Å². The van der Waals surface area contributed by atoms with Crippen molar-refractivity contribution in [3.63, 3.8) is 0 Å². The second-order valence-electron chi connectivity index (χ2n) is 6.31. The molecule has 1 aromatic heterocycles. The molecule has 0 spiro atoms. The van der Waals surface area contributed by atoms with E-state index in [2.05, 4.69) is 0 Å². The second-order valence-corrected chi connectivity index (χ2v) is 6.31. The highest BCUT2D eigenvalue weighted by molar-refractivity contribution is 6.14. The number of carbonyl (C=O) groups excluding carboxylic acids is 1. The van der Waals surface area contributed by atoms with Crippen LogP contribution in [-0.4, -0.2) is 32.8 Å². The second kappa shape index (κ2) is 6.25. The van der Waals surface area contributed by atoms with Crippen LogP contribution in [0.25, 0.3) is 6.08 Å². The Morgan fingerprint density at radius 3 is 2.52 bits per heavy atom. The van der Waals surface area contributed by atoms with Gasteiger partial charge in [0.25, 0.3) is 0 Å². The minimum Gasteiger partial charge on any atom is -0.504 e. The molecule has 1 aliphatic heterocycles. The summed E-state index contributed by atoms with van der Waals surface area (Å²) >= 11 is 0. The number of methoxy groups -OCH3 is 1. The number of benzene rings is 2. The Hall–Kier alpha value is -3.67. The maximum Gasteiger partial charge on any atom is 0.207 e. The monoisotopic (exact) mass is 363 g/mol. The Morgan fingerprint density at radius 2 is 1.81 bits per heavy atom. The van der Waals surface area contributed by atoms with Crippen molar-refractivity contribution in [2.45, 2.75) is 6.04 Å². The van der Waals surface area contributed by atoms with Crippen LogP contribution >= 0.6 is 0 Å². The zero-order valence-corrected chi connectivity index (χ0v) is 14.5. The predicted molar refractivity (Wildman–Crippen MR) is 99.3 cm³/mol. The first-order valence-electron chi connectivity index (χ1n) is 8.31. The Kier molecular flexibility index (Phi) is 3.88. The molecular formula is C21H17NO5. The number of carbonyl (C=O) groups is 1. The van der Waals surface area contributed by atoms with Crippen LogP contribution < -0.4 is 4.74 Å². The third-order valence-electron chi connectivity index (χ3n) is 4.69. The van der Waals surface area contributed by atoms with Crippen molar-refractivity contribution in [1.29, 1.82) is 0 Å². The van der Waals surface area contributed by atoms with Gasteiger partial charge in [-0.25, -0.2) is 0 Å². The topological polar surface area (TPSA) is 91.9 Å². The lowest BCUT2D eigenvalue weighted by Crippen LogP contribution is -2.07. The largest absolute Gasteiger partial charge is 0.504 e. The number of hydrogen-bond acceptors (Lipinski definition) is 5. The highest BCUT2D eigenvalue weighted by Gasteiger charge is 2.35. The molecular weight excluding hydrogens is 346 g/mol. The van der Waals surface area contributed by atoms with E-state index in [1.165, 1.54) is 19.2 Å². The highest BCUT2D eigenvalue weighted by atomic mass is 16.5. The molecule has 2 aromatic carbocycles. The predicted octanol–water partition coefficient (Wildman–Crippen LogP) is 3.48. The number of aromatic hydroxyl groups is 3. The third kappa shape index (κ3) is 2.71. The fraction of sp³-hybridized carbons (Fsp3) is 0.0952. The summed E-state index contributed by atoms with van der Waals surface area (Å²) in [6, 6.07) is 12.5. The van der Waals surface area contributed by atoms with Crippen molar-refractivity contribution in [2.24, 2.45) is 0 Å². The summed E-state index contributed by atoms with van der Waals surface area (Å²) < 4.78 is 6.94. The first-order valence-corrected chi connectivity index (χ1v) is 8.31. The molecule has 0 saturated carbocycles. The van der Waals surface area contributed by atoms with E-state index in [-0.39, 0.29) is 23.0 Å². The van der Waals surface area contributed by atoms with E-state index in [1.807, 2.05) is 10.8 Å². The summed E-state index contributed by atoms with van der Waals surface area (Å²) in [5, 5.41) is 29.4. The van der Waals surface area contributed by atoms with Crippen LogP contribution in [0.2, 0.25) is 0 Å². The van der Waals surface area contributed by atoms with E-state index in [1.54, 1.807) is 42.5 Å². The molecule has 0 bridgehead atoms. The molecule has 4 rings (SSSR count). The molecule has 1 aliphatic rings. The summed E-state index contributed by atoms with van der Waals surface area (Å²) in [5.41, 5.74) is 2.36. The standard InChI is InChI=1S/C21H17NO5/c1-27-19-7-5-13(11-18(19)25)20-14(21(26)15-3-2-8-22(15)20)9-12-4-6-16(23)17(24)10-12/h2-11,20,23-25H,1H3/b14-9+. The minimum atomic E-state index is -0.421. The zero-order chi connectivity index (χ0) is 19.1. The quantitative estimate of drug-likeness (QED) is 0.489. The molecule has 0 amide bonds. The van der Waals surface area contributed by atoms with Crippen LogP contribution in [0, 0.1) is 0 Å². The van der Waals surface area contributed by atoms with Gasteiger partial charge in [-0.05, 0) is 53.6 Å². The van der Waals surface area contributed by atoms with Gasteiger partial charge >= 0.3 is 0 Å². The number of phenols is 3. The molecule has 27 heavy (non-hydrogen) atoms. The average Bonchev–Trinajstić information content (AvgIpc) is 3.21. The van der Waals surface area contributed by atoms with Gasteiger partial charge in [-0.2, -0.15) is 0 Å². The van der Waals surface area contributed by atoms with Gasteiger partial charge in [0.1, 0.15) is 0 Å². The van der Waals surface area contributed by atoms with E-state index < -0.39 is 6.04 Å². The average molecular weight is 363 g/mol.